The number of nitrogens with one attached hydrogen (secondary N) is 2. The molecule has 0 bridgehead atoms. The maximum atomic E-state index is 11.5. The van der Waals surface area contributed by atoms with E-state index in [4.69, 9.17) is 0 Å². The SMILES string of the molecule is CC(C)n1cc(CNC2CCC(=O)NC2=O)cn1. The second-order valence-electron chi connectivity index (χ2n) is 4.81. The van der Waals surface area contributed by atoms with Crippen molar-refractivity contribution in [1.82, 2.24) is 20.4 Å². The Hall–Kier alpha value is -1.69. The normalized spacial score (nSPS) is 20.3. The number of carbonyl (C=O) groups is 2. The van der Waals surface area contributed by atoms with Crippen molar-refractivity contribution in [3.8, 4) is 0 Å². The molecule has 98 valence electrons. The Morgan fingerprint density at radius 3 is 2.94 bits per heavy atom. The van der Waals surface area contributed by atoms with Crippen LogP contribution in [0.2, 0.25) is 0 Å². The van der Waals surface area contributed by atoms with Crippen molar-refractivity contribution in [3.63, 3.8) is 0 Å². The summed E-state index contributed by atoms with van der Waals surface area (Å²) >= 11 is 0. The van der Waals surface area contributed by atoms with Crippen molar-refractivity contribution < 1.29 is 9.59 Å². The van der Waals surface area contributed by atoms with E-state index in [9.17, 15) is 9.59 Å². The molecule has 2 rings (SSSR count). The molecular weight excluding hydrogens is 232 g/mol. The molecule has 2 heterocycles. The van der Waals surface area contributed by atoms with E-state index in [2.05, 4.69) is 29.6 Å². The quantitative estimate of drug-likeness (QED) is 0.756. The molecule has 6 heteroatoms. The summed E-state index contributed by atoms with van der Waals surface area (Å²) in [4.78, 5) is 22.5. The average Bonchev–Trinajstić information content (AvgIpc) is 2.76. The van der Waals surface area contributed by atoms with Gasteiger partial charge in [0.25, 0.3) is 0 Å². The van der Waals surface area contributed by atoms with Crippen molar-refractivity contribution in [2.24, 2.45) is 0 Å². The molecule has 2 amide bonds. The molecular formula is C12H18N4O2. The Morgan fingerprint density at radius 1 is 1.56 bits per heavy atom. The molecule has 0 saturated carbocycles. The molecule has 1 aromatic heterocycles. The van der Waals surface area contributed by atoms with Crippen LogP contribution in [0.4, 0.5) is 0 Å². The lowest BCUT2D eigenvalue weighted by Crippen LogP contribution is -2.50. The predicted molar refractivity (Wildman–Crippen MR) is 65.6 cm³/mol. The Balaban J connectivity index is 1.87. The summed E-state index contributed by atoms with van der Waals surface area (Å²) in [5.74, 6) is -0.423. The van der Waals surface area contributed by atoms with Crippen LogP contribution in [0.5, 0.6) is 0 Å². The monoisotopic (exact) mass is 250 g/mol. The molecule has 18 heavy (non-hydrogen) atoms. The van der Waals surface area contributed by atoms with Gasteiger partial charge in [-0.1, -0.05) is 0 Å². The molecule has 0 aliphatic carbocycles. The molecule has 0 radical (unpaired) electrons. The van der Waals surface area contributed by atoms with Gasteiger partial charge in [-0.15, -0.1) is 0 Å². The minimum absolute atomic E-state index is 0.189. The fourth-order valence-corrected chi connectivity index (χ4v) is 1.88. The Bertz CT molecular complexity index is 453. The lowest BCUT2D eigenvalue weighted by molar-refractivity contribution is -0.134. The smallest absolute Gasteiger partial charge is 0.243 e. The van der Waals surface area contributed by atoms with E-state index in [0.717, 1.165) is 5.56 Å². The summed E-state index contributed by atoms with van der Waals surface area (Å²) in [5.41, 5.74) is 1.04. The van der Waals surface area contributed by atoms with E-state index >= 15 is 0 Å². The molecule has 0 spiro atoms. The molecule has 1 atom stereocenters. The molecule has 1 aromatic rings. The second kappa shape index (κ2) is 5.30. The Labute approximate surface area is 106 Å². The van der Waals surface area contributed by atoms with Gasteiger partial charge in [0.05, 0.1) is 12.2 Å². The number of rotatable bonds is 4. The zero-order chi connectivity index (χ0) is 13.1. The third kappa shape index (κ3) is 2.95. The first kappa shape index (κ1) is 12.8. The van der Waals surface area contributed by atoms with Crippen molar-refractivity contribution >= 4 is 11.8 Å². The van der Waals surface area contributed by atoms with E-state index in [1.54, 1.807) is 6.20 Å². The fourth-order valence-electron chi connectivity index (χ4n) is 1.88. The molecule has 1 unspecified atom stereocenters. The van der Waals surface area contributed by atoms with E-state index in [0.29, 0.717) is 25.4 Å². The molecule has 6 nitrogen and oxygen atoms in total. The summed E-state index contributed by atoms with van der Waals surface area (Å²) in [7, 11) is 0. The van der Waals surface area contributed by atoms with Crippen LogP contribution in [0.25, 0.3) is 0 Å². The summed E-state index contributed by atoms with van der Waals surface area (Å²) in [6.45, 7) is 4.70. The van der Waals surface area contributed by atoms with E-state index in [1.807, 2.05) is 10.9 Å². The van der Waals surface area contributed by atoms with Gasteiger partial charge < -0.3 is 5.32 Å². The number of aromatic nitrogens is 2. The van der Waals surface area contributed by atoms with Crippen LogP contribution in [-0.2, 0) is 16.1 Å². The van der Waals surface area contributed by atoms with Gasteiger partial charge in [0.1, 0.15) is 0 Å². The van der Waals surface area contributed by atoms with Gasteiger partial charge in [0.2, 0.25) is 11.8 Å². The summed E-state index contributed by atoms with van der Waals surface area (Å²) in [5, 5.41) is 9.70. The molecule has 1 saturated heterocycles. The van der Waals surface area contributed by atoms with Gasteiger partial charge in [-0.3, -0.25) is 19.6 Å². The van der Waals surface area contributed by atoms with E-state index < -0.39 is 0 Å². The predicted octanol–water partition coefficient (Wildman–Crippen LogP) is 0.359. The van der Waals surface area contributed by atoms with Crippen LogP contribution in [0.3, 0.4) is 0 Å². The number of piperidine rings is 1. The average molecular weight is 250 g/mol. The topological polar surface area (TPSA) is 76.0 Å². The van der Waals surface area contributed by atoms with Crippen LogP contribution >= 0.6 is 0 Å². The van der Waals surface area contributed by atoms with E-state index in [-0.39, 0.29) is 17.9 Å². The van der Waals surface area contributed by atoms with Crippen molar-refractivity contribution in [3.05, 3.63) is 18.0 Å². The molecule has 0 aromatic carbocycles. The first-order valence-corrected chi connectivity index (χ1v) is 6.16. The minimum atomic E-state index is -0.287. The van der Waals surface area contributed by atoms with Gasteiger partial charge in [-0.2, -0.15) is 5.10 Å². The highest BCUT2D eigenvalue weighted by Crippen LogP contribution is 2.08. The maximum absolute atomic E-state index is 11.5. The van der Waals surface area contributed by atoms with Crippen LogP contribution < -0.4 is 10.6 Å². The second-order valence-corrected chi connectivity index (χ2v) is 4.81. The number of nitrogens with zero attached hydrogens (tertiary/aromatic N) is 2. The van der Waals surface area contributed by atoms with Gasteiger partial charge in [0.15, 0.2) is 0 Å². The number of hydrogen-bond donors (Lipinski definition) is 2. The Kier molecular flexibility index (Phi) is 3.76. The first-order chi connectivity index (χ1) is 8.56. The van der Waals surface area contributed by atoms with Crippen LogP contribution in [0, 0.1) is 0 Å². The highest BCUT2D eigenvalue weighted by molar-refractivity contribution is 6.00. The highest BCUT2D eigenvalue weighted by Gasteiger charge is 2.25. The minimum Gasteiger partial charge on any atom is -0.302 e. The molecule has 1 fully saturated rings. The number of carbonyl (C=O) groups excluding carboxylic acids is 2. The zero-order valence-electron chi connectivity index (χ0n) is 10.6. The number of hydrogen-bond acceptors (Lipinski definition) is 4. The lowest BCUT2D eigenvalue weighted by Gasteiger charge is -2.21. The zero-order valence-corrected chi connectivity index (χ0v) is 10.6. The highest BCUT2D eigenvalue weighted by atomic mass is 16.2. The van der Waals surface area contributed by atoms with Crippen molar-refractivity contribution in [2.75, 3.05) is 0 Å². The van der Waals surface area contributed by atoms with Crippen LogP contribution in [0.1, 0.15) is 38.3 Å². The third-order valence-electron chi connectivity index (χ3n) is 2.98. The summed E-state index contributed by atoms with van der Waals surface area (Å²) in [6, 6.07) is 0.0412. The standard InChI is InChI=1S/C12H18N4O2/c1-8(2)16-7-9(6-14-16)5-13-10-3-4-11(17)15-12(10)18/h6-8,10,13H,3-5H2,1-2H3,(H,15,17,18). The first-order valence-electron chi connectivity index (χ1n) is 6.16. The number of amides is 2. The van der Waals surface area contributed by atoms with Crippen molar-refractivity contribution in [1.29, 1.82) is 0 Å². The largest absolute Gasteiger partial charge is 0.302 e. The van der Waals surface area contributed by atoms with Crippen LogP contribution in [-0.4, -0.2) is 27.6 Å². The Morgan fingerprint density at radius 2 is 2.33 bits per heavy atom. The maximum Gasteiger partial charge on any atom is 0.243 e. The fraction of sp³-hybridized carbons (Fsp3) is 0.583. The lowest BCUT2D eigenvalue weighted by atomic mass is 10.1. The van der Waals surface area contributed by atoms with Gasteiger partial charge in [-0.25, -0.2) is 0 Å². The summed E-state index contributed by atoms with van der Waals surface area (Å²) < 4.78 is 1.88. The number of imide groups is 1. The van der Waals surface area contributed by atoms with Gasteiger partial charge in [-0.05, 0) is 20.3 Å². The molecule has 2 N–H and O–H groups in total. The third-order valence-corrected chi connectivity index (χ3v) is 2.98. The van der Waals surface area contributed by atoms with Gasteiger partial charge >= 0.3 is 0 Å². The summed E-state index contributed by atoms with van der Waals surface area (Å²) in [6.07, 6.45) is 4.71. The van der Waals surface area contributed by atoms with Crippen molar-refractivity contribution in [2.45, 2.75) is 45.3 Å². The van der Waals surface area contributed by atoms with E-state index in [1.165, 1.54) is 0 Å². The van der Waals surface area contributed by atoms with Crippen LogP contribution in [0.15, 0.2) is 12.4 Å². The van der Waals surface area contributed by atoms with Gasteiger partial charge in [0, 0.05) is 30.8 Å². The molecule has 1 aliphatic heterocycles. The molecule has 1 aliphatic rings.